The van der Waals surface area contributed by atoms with Crippen LogP contribution in [-0.4, -0.2) is 198 Å². The molecule has 8 aliphatic rings. The van der Waals surface area contributed by atoms with E-state index in [0.29, 0.717) is 43.4 Å². The van der Waals surface area contributed by atoms with Crippen LogP contribution in [0.5, 0.6) is 0 Å². The molecule has 4 aliphatic heterocycles. The predicted octanol–water partition coefficient (Wildman–Crippen LogP) is -1.86. The lowest BCUT2D eigenvalue weighted by Gasteiger charge is -2.58. The van der Waals surface area contributed by atoms with Crippen molar-refractivity contribution in [3.8, 4) is 0 Å². The van der Waals surface area contributed by atoms with Gasteiger partial charge in [-0.1, -0.05) is 39.3 Å². The van der Waals surface area contributed by atoms with Crippen molar-refractivity contribution in [2.45, 2.75) is 196 Å². The predicted molar refractivity (Wildman–Crippen MR) is 219 cm³/mol. The zero-order chi connectivity index (χ0) is 46.2. The van der Waals surface area contributed by atoms with Gasteiger partial charge < -0.3 is 94.4 Å². The molecule has 0 aromatic heterocycles. The van der Waals surface area contributed by atoms with Crippen LogP contribution in [0.3, 0.4) is 0 Å². The number of fused-ring (bicyclic) bond motifs is 7. The Kier molecular flexibility index (Phi) is 14.7. The fraction of sp³-hybridized carbons (Fsp3) is 0.956. The number of rotatable bonds is 13. The summed E-state index contributed by atoms with van der Waals surface area (Å²) in [5.74, 6) is 0.0434. The van der Waals surface area contributed by atoms with E-state index in [-0.39, 0.29) is 47.4 Å². The maximum Gasteiger partial charge on any atom is 0.187 e. The molecular formula is C45H74O19. The summed E-state index contributed by atoms with van der Waals surface area (Å²) in [6.45, 7) is 7.15. The van der Waals surface area contributed by atoms with Crippen molar-refractivity contribution in [1.82, 2.24) is 0 Å². The van der Waals surface area contributed by atoms with Crippen LogP contribution in [0.4, 0.5) is 0 Å². The van der Waals surface area contributed by atoms with Crippen LogP contribution in [-0.2, 0) is 33.2 Å². The van der Waals surface area contributed by atoms with Gasteiger partial charge in [0.25, 0.3) is 0 Å². The minimum absolute atomic E-state index is 0.0154. The van der Waals surface area contributed by atoms with E-state index >= 15 is 0 Å². The Balaban J connectivity index is 0.852. The standard InChI is InChI=1S/C45H74O19/c1-19(18-58-40-36(54)33(51)31(49)27(15-46)60-40)7-12-45(57)20(2)30-26(64-45)14-25-23-6-5-21-13-22(8-10-43(21,3)24(23)9-11-44(25,30)4)59-41-38(56)35(53)39(29(17-48)62-41)63-42-37(55)34(52)32(50)28(16-47)61-42/h5,19-20,22-42,46-57H,6-18H2,1-4H3/t19-,20?,22+,23?,24?,25?,26?,27-,28-,29-,30?,31-,32-,33+,34+,35-,36-,37-,38-,39+,40-,41-,42+,43+,44+,45?/m1/s1. The molecule has 0 aromatic carbocycles. The van der Waals surface area contributed by atoms with Gasteiger partial charge in [-0.25, -0.2) is 0 Å². The molecular weight excluding hydrogens is 844 g/mol. The number of allylic oxidation sites excluding steroid dienone is 1. The van der Waals surface area contributed by atoms with E-state index in [9.17, 15) is 61.3 Å². The topological polar surface area (TPSA) is 307 Å². The first-order chi connectivity index (χ1) is 30.3. The molecule has 0 radical (unpaired) electrons. The number of ether oxygens (including phenoxy) is 7. The molecule has 19 heteroatoms. The normalized spacial score (nSPS) is 54.3. The first-order valence-electron chi connectivity index (χ1n) is 23.6. The van der Waals surface area contributed by atoms with E-state index in [4.69, 9.17) is 33.2 Å². The van der Waals surface area contributed by atoms with Crippen molar-refractivity contribution in [2.24, 2.45) is 46.3 Å². The fourth-order valence-corrected chi connectivity index (χ4v) is 13.6. The second-order valence-electron chi connectivity index (χ2n) is 21.0. The van der Waals surface area contributed by atoms with Crippen LogP contribution in [0, 0.1) is 46.3 Å². The van der Waals surface area contributed by atoms with E-state index in [0.717, 1.165) is 32.1 Å². The maximum absolute atomic E-state index is 12.0. The first-order valence-corrected chi connectivity index (χ1v) is 23.6. The summed E-state index contributed by atoms with van der Waals surface area (Å²) in [6.07, 6.45) is -12.9. The van der Waals surface area contributed by atoms with Crippen molar-refractivity contribution < 1.29 is 94.4 Å². The smallest absolute Gasteiger partial charge is 0.187 e. The molecule has 0 aromatic rings. The molecule has 0 bridgehead atoms. The van der Waals surface area contributed by atoms with Gasteiger partial charge in [0.2, 0.25) is 0 Å². The van der Waals surface area contributed by atoms with Crippen molar-refractivity contribution in [1.29, 1.82) is 0 Å². The molecule has 8 rings (SSSR count). The highest BCUT2D eigenvalue weighted by Crippen LogP contribution is 2.70. The third-order valence-corrected chi connectivity index (χ3v) is 17.4. The highest BCUT2D eigenvalue weighted by molar-refractivity contribution is 5.26. The maximum atomic E-state index is 12.0. The highest BCUT2D eigenvalue weighted by atomic mass is 16.7. The van der Waals surface area contributed by atoms with Crippen molar-refractivity contribution in [3.05, 3.63) is 11.6 Å². The van der Waals surface area contributed by atoms with Gasteiger partial charge in [-0.05, 0) is 91.8 Å². The van der Waals surface area contributed by atoms with E-state index in [1.165, 1.54) is 5.57 Å². The summed E-state index contributed by atoms with van der Waals surface area (Å²) >= 11 is 0. The number of hydrogen-bond acceptors (Lipinski definition) is 19. The third kappa shape index (κ3) is 8.57. The monoisotopic (exact) mass is 918 g/mol. The lowest BCUT2D eigenvalue weighted by molar-refractivity contribution is -0.363. The highest BCUT2D eigenvalue weighted by Gasteiger charge is 2.68. The van der Waals surface area contributed by atoms with Crippen LogP contribution in [0.2, 0.25) is 0 Å². The second-order valence-corrected chi connectivity index (χ2v) is 21.0. The fourth-order valence-electron chi connectivity index (χ4n) is 13.6. The third-order valence-electron chi connectivity index (χ3n) is 17.4. The Hall–Kier alpha value is -1.02. The molecule has 3 saturated carbocycles. The SMILES string of the molecule is CC1C2C(CC3C4CC=C5C[C@@H](O[C@@H]6O[C@H](CO)[C@H](O[C@@H]7O[C@H](CO)[C@@H](O)[C@H](O)[C@H]7O)[C@H](O)[C@H]6O)CC[C@]5(C)C4CC[C@@]32C)OC1(O)CC[C@@H](C)CO[C@@H]1O[C@H](CO)[C@@H](O)[C@H](O)[C@H]1O. The zero-order valence-corrected chi connectivity index (χ0v) is 37.3. The lowest BCUT2D eigenvalue weighted by Crippen LogP contribution is -2.65. The molecule has 368 valence electrons. The van der Waals surface area contributed by atoms with Crippen molar-refractivity contribution >= 4 is 0 Å². The van der Waals surface area contributed by atoms with Gasteiger partial charge in [0.1, 0.15) is 73.2 Å². The molecule has 64 heavy (non-hydrogen) atoms. The van der Waals surface area contributed by atoms with Crippen LogP contribution in [0.25, 0.3) is 0 Å². The van der Waals surface area contributed by atoms with Crippen molar-refractivity contribution in [2.75, 3.05) is 26.4 Å². The van der Waals surface area contributed by atoms with Gasteiger partial charge in [0.15, 0.2) is 24.7 Å². The summed E-state index contributed by atoms with van der Waals surface area (Å²) in [4.78, 5) is 0. The second kappa shape index (κ2) is 19.1. The zero-order valence-electron chi connectivity index (χ0n) is 37.3. The van der Waals surface area contributed by atoms with Gasteiger partial charge in [-0.2, -0.15) is 0 Å². The summed E-state index contributed by atoms with van der Waals surface area (Å²) in [5.41, 5.74) is 1.23. The Bertz CT molecular complexity index is 1620. The molecule has 7 unspecified atom stereocenters. The molecule has 0 amide bonds. The first kappa shape index (κ1) is 49.4. The number of aliphatic hydroxyl groups is 12. The van der Waals surface area contributed by atoms with Gasteiger partial charge in [-0.15, -0.1) is 0 Å². The quantitative estimate of drug-likeness (QED) is 0.0902. The van der Waals surface area contributed by atoms with E-state index in [1.54, 1.807) is 0 Å². The molecule has 4 heterocycles. The Labute approximate surface area is 373 Å². The summed E-state index contributed by atoms with van der Waals surface area (Å²) < 4.78 is 41.4. The van der Waals surface area contributed by atoms with Crippen LogP contribution >= 0.6 is 0 Å². The average Bonchev–Trinajstić information content (AvgIpc) is 3.72. The number of aliphatic hydroxyl groups excluding tert-OH is 11. The van der Waals surface area contributed by atoms with Crippen LogP contribution in [0.1, 0.15) is 85.5 Å². The van der Waals surface area contributed by atoms with E-state index in [1.807, 2.05) is 6.92 Å². The Morgan fingerprint density at radius 3 is 1.97 bits per heavy atom. The van der Waals surface area contributed by atoms with Gasteiger partial charge in [-0.3, -0.25) is 0 Å². The molecule has 19 nitrogen and oxygen atoms in total. The molecule has 7 fully saturated rings. The Morgan fingerprint density at radius 2 is 1.31 bits per heavy atom. The van der Waals surface area contributed by atoms with Crippen molar-refractivity contribution in [3.63, 3.8) is 0 Å². The lowest BCUT2D eigenvalue weighted by atomic mass is 9.47. The van der Waals surface area contributed by atoms with E-state index in [2.05, 4.69) is 26.8 Å². The molecule has 0 spiro atoms. The summed E-state index contributed by atoms with van der Waals surface area (Å²) in [5, 5.41) is 125. The van der Waals surface area contributed by atoms with Crippen LogP contribution in [0.15, 0.2) is 11.6 Å². The minimum Gasteiger partial charge on any atom is -0.394 e. The van der Waals surface area contributed by atoms with Gasteiger partial charge >= 0.3 is 0 Å². The molecule has 4 aliphatic carbocycles. The van der Waals surface area contributed by atoms with Crippen LogP contribution < -0.4 is 0 Å². The van der Waals surface area contributed by atoms with Gasteiger partial charge in [0, 0.05) is 12.3 Å². The minimum atomic E-state index is -1.75. The number of hydrogen-bond donors (Lipinski definition) is 12. The largest absolute Gasteiger partial charge is 0.394 e. The molecule has 4 saturated heterocycles. The molecule has 12 N–H and O–H groups in total. The summed E-state index contributed by atoms with van der Waals surface area (Å²) in [6, 6.07) is 0. The summed E-state index contributed by atoms with van der Waals surface area (Å²) in [7, 11) is 0. The van der Waals surface area contributed by atoms with Gasteiger partial charge in [0.05, 0.1) is 38.6 Å². The average molecular weight is 919 g/mol. The van der Waals surface area contributed by atoms with E-state index < -0.39 is 118 Å². The Morgan fingerprint density at radius 1 is 0.719 bits per heavy atom. The molecule has 26 atom stereocenters.